The number of rotatable bonds is 8. The Labute approximate surface area is 146 Å². The van der Waals surface area contributed by atoms with Crippen molar-refractivity contribution in [3.05, 3.63) is 60.4 Å². The molecule has 1 amide bonds. The van der Waals surface area contributed by atoms with Gasteiger partial charge in [-0.15, -0.1) is 0 Å². The van der Waals surface area contributed by atoms with E-state index in [4.69, 9.17) is 9.47 Å². The number of ether oxygens (including phenoxy) is 2. The molecule has 0 aliphatic carbocycles. The van der Waals surface area contributed by atoms with E-state index in [0.29, 0.717) is 37.6 Å². The number of imidazole rings is 1. The highest BCUT2D eigenvalue weighted by Crippen LogP contribution is 2.17. The zero-order valence-electron chi connectivity index (χ0n) is 14.1. The number of hydrogen-bond acceptors (Lipinski definition) is 4. The van der Waals surface area contributed by atoms with Crippen LogP contribution in [-0.4, -0.2) is 42.3 Å². The molecule has 6 nitrogen and oxygen atoms in total. The average Bonchev–Trinajstić information content (AvgIpc) is 3.05. The second kappa shape index (κ2) is 8.30. The summed E-state index contributed by atoms with van der Waals surface area (Å²) >= 11 is 0. The topological polar surface area (TPSA) is 65.4 Å². The molecular weight excluding hydrogens is 318 g/mol. The molecule has 0 aliphatic rings. The number of nitrogens with one attached hydrogen (secondary N) is 1. The summed E-state index contributed by atoms with van der Waals surface area (Å²) in [4.78, 5) is 16.8. The molecule has 0 saturated carbocycles. The predicted octanol–water partition coefficient (Wildman–Crippen LogP) is 2.49. The largest absolute Gasteiger partial charge is 0.490 e. The van der Waals surface area contributed by atoms with Crippen LogP contribution in [0.25, 0.3) is 11.0 Å². The fraction of sp³-hybridized carbons (Fsp3) is 0.263. The third kappa shape index (κ3) is 4.16. The first-order valence-electron chi connectivity index (χ1n) is 8.18. The lowest BCUT2D eigenvalue weighted by Crippen LogP contribution is -2.27. The van der Waals surface area contributed by atoms with Gasteiger partial charge < -0.3 is 19.4 Å². The molecule has 3 rings (SSSR count). The molecule has 6 heteroatoms. The average molecular weight is 339 g/mol. The summed E-state index contributed by atoms with van der Waals surface area (Å²) in [5, 5.41) is 2.93. The van der Waals surface area contributed by atoms with Gasteiger partial charge >= 0.3 is 0 Å². The molecule has 1 aromatic heterocycles. The Hall–Kier alpha value is -2.86. The van der Waals surface area contributed by atoms with Gasteiger partial charge in [-0.3, -0.25) is 4.79 Å². The fourth-order valence-electron chi connectivity index (χ4n) is 2.59. The van der Waals surface area contributed by atoms with Crippen molar-refractivity contribution in [2.75, 3.05) is 26.9 Å². The van der Waals surface area contributed by atoms with Crippen LogP contribution in [0.5, 0.6) is 5.75 Å². The Bertz CT molecular complexity index is 845. The van der Waals surface area contributed by atoms with Crippen molar-refractivity contribution >= 4 is 16.9 Å². The van der Waals surface area contributed by atoms with E-state index >= 15 is 0 Å². The van der Waals surface area contributed by atoms with Crippen LogP contribution >= 0.6 is 0 Å². The summed E-state index contributed by atoms with van der Waals surface area (Å²) in [5.74, 6) is 0.405. The van der Waals surface area contributed by atoms with E-state index in [-0.39, 0.29) is 5.91 Å². The maximum atomic E-state index is 12.4. The Morgan fingerprint density at radius 2 is 1.92 bits per heavy atom. The lowest BCUT2D eigenvalue weighted by molar-refractivity contribution is 0.0944. The number of carbonyl (C=O) groups is 1. The van der Waals surface area contributed by atoms with E-state index in [1.807, 2.05) is 41.0 Å². The van der Waals surface area contributed by atoms with Gasteiger partial charge in [-0.1, -0.05) is 24.3 Å². The van der Waals surface area contributed by atoms with Crippen molar-refractivity contribution in [2.45, 2.75) is 6.54 Å². The number of amides is 1. The Kier molecular flexibility index (Phi) is 5.64. The second-order valence-corrected chi connectivity index (χ2v) is 5.52. The number of carbonyl (C=O) groups excluding carboxylic acids is 1. The normalized spacial score (nSPS) is 10.8. The SMILES string of the molecule is COCCOc1ccccc1C(=O)NCCn1cnc2ccccc21. The van der Waals surface area contributed by atoms with Gasteiger partial charge in [0.25, 0.3) is 5.91 Å². The van der Waals surface area contributed by atoms with E-state index in [1.165, 1.54) is 0 Å². The first-order chi connectivity index (χ1) is 12.3. The zero-order chi connectivity index (χ0) is 17.5. The minimum Gasteiger partial charge on any atom is -0.490 e. The third-order valence-corrected chi connectivity index (χ3v) is 3.84. The summed E-state index contributed by atoms with van der Waals surface area (Å²) in [6.45, 7) is 2.04. The van der Waals surface area contributed by atoms with Crippen molar-refractivity contribution in [1.82, 2.24) is 14.9 Å². The molecule has 3 aromatic rings. The number of nitrogens with zero attached hydrogens (tertiary/aromatic N) is 2. The molecule has 0 saturated heterocycles. The van der Waals surface area contributed by atoms with Crippen molar-refractivity contribution < 1.29 is 14.3 Å². The molecule has 25 heavy (non-hydrogen) atoms. The summed E-state index contributed by atoms with van der Waals surface area (Å²) in [5.41, 5.74) is 2.53. The van der Waals surface area contributed by atoms with Crippen LogP contribution in [-0.2, 0) is 11.3 Å². The molecule has 0 radical (unpaired) electrons. The quantitative estimate of drug-likeness (QED) is 0.641. The summed E-state index contributed by atoms with van der Waals surface area (Å²) in [6, 6.07) is 15.1. The minimum atomic E-state index is -0.155. The van der Waals surface area contributed by atoms with E-state index in [1.54, 1.807) is 25.6 Å². The first-order valence-corrected chi connectivity index (χ1v) is 8.18. The van der Waals surface area contributed by atoms with E-state index in [2.05, 4.69) is 10.3 Å². The molecule has 130 valence electrons. The van der Waals surface area contributed by atoms with Crippen LogP contribution in [0.2, 0.25) is 0 Å². The van der Waals surface area contributed by atoms with Gasteiger partial charge in [-0.05, 0) is 24.3 Å². The molecule has 0 aliphatic heterocycles. The summed E-state index contributed by atoms with van der Waals surface area (Å²) in [7, 11) is 1.61. The van der Waals surface area contributed by atoms with Crippen molar-refractivity contribution in [3.63, 3.8) is 0 Å². The fourth-order valence-corrected chi connectivity index (χ4v) is 2.59. The van der Waals surface area contributed by atoms with Gasteiger partial charge in [0.05, 0.1) is 29.5 Å². The highest BCUT2D eigenvalue weighted by atomic mass is 16.5. The highest BCUT2D eigenvalue weighted by molar-refractivity contribution is 5.96. The Morgan fingerprint density at radius 3 is 2.80 bits per heavy atom. The summed E-state index contributed by atoms with van der Waals surface area (Å²) < 4.78 is 12.6. The van der Waals surface area contributed by atoms with Crippen molar-refractivity contribution in [1.29, 1.82) is 0 Å². The van der Waals surface area contributed by atoms with Gasteiger partial charge in [-0.25, -0.2) is 4.98 Å². The molecule has 2 aromatic carbocycles. The van der Waals surface area contributed by atoms with Crippen LogP contribution in [0.1, 0.15) is 10.4 Å². The van der Waals surface area contributed by atoms with Crippen molar-refractivity contribution in [2.24, 2.45) is 0 Å². The van der Waals surface area contributed by atoms with Gasteiger partial charge in [0.15, 0.2) is 0 Å². The molecule has 1 N–H and O–H groups in total. The molecule has 0 bridgehead atoms. The number of methoxy groups -OCH3 is 1. The predicted molar refractivity (Wildman–Crippen MR) is 95.9 cm³/mol. The monoisotopic (exact) mass is 339 g/mol. The lowest BCUT2D eigenvalue weighted by atomic mass is 10.2. The van der Waals surface area contributed by atoms with E-state index in [9.17, 15) is 4.79 Å². The van der Waals surface area contributed by atoms with Crippen molar-refractivity contribution in [3.8, 4) is 5.75 Å². The van der Waals surface area contributed by atoms with Gasteiger partial charge in [0.2, 0.25) is 0 Å². The van der Waals surface area contributed by atoms with Gasteiger partial charge in [0.1, 0.15) is 12.4 Å². The summed E-state index contributed by atoms with van der Waals surface area (Å²) in [6.07, 6.45) is 1.79. The molecule has 0 atom stereocenters. The van der Waals surface area contributed by atoms with Crippen LogP contribution in [0, 0.1) is 0 Å². The maximum Gasteiger partial charge on any atom is 0.255 e. The molecule has 1 heterocycles. The maximum absolute atomic E-state index is 12.4. The van der Waals surface area contributed by atoms with Gasteiger partial charge in [0, 0.05) is 20.2 Å². The third-order valence-electron chi connectivity index (χ3n) is 3.84. The standard InChI is InChI=1S/C19H21N3O3/c1-24-12-13-25-18-9-5-2-6-15(18)19(23)20-10-11-22-14-21-16-7-3-4-8-17(16)22/h2-9,14H,10-13H2,1H3,(H,20,23). The van der Waals surface area contributed by atoms with E-state index in [0.717, 1.165) is 11.0 Å². The number of aromatic nitrogens is 2. The lowest BCUT2D eigenvalue weighted by Gasteiger charge is -2.12. The number of fused-ring (bicyclic) bond motifs is 1. The second-order valence-electron chi connectivity index (χ2n) is 5.52. The van der Waals surface area contributed by atoms with Crippen LogP contribution in [0.15, 0.2) is 54.9 Å². The van der Waals surface area contributed by atoms with Crippen LogP contribution in [0.3, 0.4) is 0 Å². The molecule has 0 fully saturated rings. The highest BCUT2D eigenvalue weighted by Gasteiger charge is 2.11. The van der Waals surface area contributed by atoms with Crippen LogP contribution < -0.4 is 10.1 Å². The molecule has 0 unspecified atom stereocenters. The molecule has 0 spiro atoms. The number of para-hydroxylation sites is 3. The van der Waals surface area contributed by atoms with Crippen LogP contribution in [0.4, 0.5) is 0 Å². The smallest absolute Gasteiger partial charge is 0.255 e. The number of benzene rings is 2. The first kappa shape index (κ1) is 17.0. The Balaban J connectivity index is 1.59. The van der Waals surface area contributed by atoms with Gasteiger partial charge in [-0.2, -0.15) is 0 Å². The molecular formula is C19H21N3O3. The number of hydrogen-bond donors (Lipinski definition) is 1. The van der Waals surface area contributed by atoms with E-state index < -0.39 is 0 Å². The zero-order valence-corrected chi connectivity index (χ0v) is 14.1. The Morgan fingerprint density at radius 1 is 1.12 bits per heavy atom. The minimum absolute atomic E-state index is 0.155.